The lowest BCUT2D eigenvalue weighted by molar-refractivity contribution is 0.112. The van der Waals surface area contributed by atoms with Gasteiger partial charge >= 0.3 is 0 Å². The molecule has 0 unspecified atom stereocenters. The summed E-state index contributed by atoms with van der Waals surface area (Å²) < 4.78 is 0. The molecule has 1 aliphatic rings. The second-order valence-electron chi connectivity index (χ2n) is 4.69. The summed E-state index contributed by atoms with van der Waals surface area (Å²) in [7, 11) is 0. The molecular weight excluding hydrogens is 244 g/mol. The van der Waals surface area contributed by atoms with Crippen LogP contribution in [0, 0.1) is 0 Å². The lowest BCUT2D eigenvalue weighted by Crippen LogP contribution is -1.90. The van der Waals surface area contributed by atoms with Crippen molar-refractivity contribution < 1.29 is 4.79 Å². The third-order valence-electron chi connectivity index (χ3n) is 3.55. The molecule has 0 N–H and O–H groups in total. The number of fused-ring (bicyclic) bond motifs is 1. The molecule has 2 aromatic rings. The third-order valence-corrected chi connectivity index (χ3v) is 3.79. The number of benzene rings is 2. The molecular formula is C16H13ClO. The Labute approximate surface area is 111 Å². The van der Waals surface area contributed by atoms with Crippen molar-refractivity contribution in [2.24, 2.45) is 0 Å². The van der Waals surface area contributed by atoms with E-state index in [0.29, 0.717) is 10.6 Å². The van der Waals surface area contributed by atoms with Crippen LogP contribution < -0.4 is 0 Å². The van der Waals surface area contributed by atoms with Gasteiger partial charge in [0.15, 0.2) is 6.29 Å². The lowest BCUT2D eigenvalue weighted by atomic mass is 9.97. The fraction of sp³-hybridized carbons (Fsp3) is 0.188. The Morgan fingerprint density at radius 3 is 2.67 bits per heavy atom. The van der Waals surface area contributed by atoms with Crippen molar-refractivity contribution >= 4 is 17.9 Å². The van der Waals surface area contributed by atoms with Gasteiger partial charge in [0.05, 0.1) is 0 Å². The fourth-order valence-electron chi connectivity index (χ4n) is 2.63. The minimum Gasteiger partial charge on any atom is -0.298 e. The standard InChI is InChI=1S/C16H13ClO/c17-15-6-7-16(14(9-15)10-18)13-5-4-11-2-1-3-12(11)8-13/h4-10H,1-3H2. The largest absolute Gasteiger partial charge is 0.298 e. The molecule has 0 saturated heterocycles. The van der Waals surface area contributed by atoms with E-state index in [4.69, 9.17) is 11.6 Å². The molecule has 0 spiro atoms. The summed E-state index contributed by atoms with van der Waals surface area (Å²) in [6.45, 7) is 0. The van der Waals surface area contributed by atoms with E-state index in [9.17, 15) is 4.79 Å². The Balaban J connectivity index is 2.12. The summed E-state index contributed by atoms with van der Waals surface area (Å²) >= 11 is 5.92. The zero-order valence-corrected chi connectivity index (χ0v) is 10.7. The number of aryl methyl sites for hydroxylation is 2. The highest BCUT2D eigenvalue weighted by Gasteiger charge is 2.12. The number of rotatable bonds is 2. The van der Waals surface area contributed by atoms with Gasteiger partial charge in [-0.15, -0.1) is 0 Å². The molecule has 0 radical (unpaired) electrons. The molecule has 0 saturated carbocycles. The van der Waals surface area contributed by atoms with Gasteiger partial charge < -0.3 is 0 Å². The summed E-state index contributed by atoms with van der Waals surface area (Å²) in [6, 6.07) is 12.0. The van der Waals surface area contributed by atoms with E-state index in [1.165, 1.54) is 24.0 Å². The molecule has 0 aromatic heterocycles. The number of carbonyl (C=O) groups is 1. The molecule has 1 nitrogen and oxygen atoms in total. The van der Waals surface area contributed by atoms with Gasteiger partial charge in [-0.1, -0.05) is 35.9 Å². The topological polar surface area (TPSA) is 17.1 Å². The van der Waals surface area contributed by atoms with Crippen LogP contribution in [-0.4, -0.2) is 6.29 Å². The van der Waals surface area contributed by atoms with Gasteiger partial charge in [0.1, 0.15) is 0 Å². The maximum Gasteiger partial charge on any atom is 0.150 e. The average Bonchev–Trinajstić information content (AvgIpc) is 2.85. The first-order valence-corrected chi connectivity index (χ1v) is 6.52. The predicted molar refractivity (Wildman–Crippen MR) is 74.3 cm³/mol. The van der Waals surface area contributed by atoms with Crippen molar-refractivity contribution in [2.45, 2.75) is 19.3 Å². The average molecular weight is 257 g/mol. The van der Waals surface area contributed by atoms with E-state index in [0.717, 1.165) is 23.8 Å². The zero-order chi connectivity index (χ0) is 12.5. The lowest BCUT2D eigenvalue weighted by Gasteiger charge is -2.08. The van der Waals surface area contributed by atoms with Crippen LogP contribution in [0.5, 0.6) is 0 Å². The Morgan fingerprint density at radius 2 is 1.83 bits per heavy atom. The Kier molecular flexibility index (Phi) is 2.92. The molecule has 2 aromatic carbocycles. The third kappa shape index (κ3) is 1.95. The molecule has 2 heteroatoms. The van der Waals surface area contributed by atoms with Crippen LogP contribution in [0.1, 0.15) is 27.9 Å². The molecule has 0 heterocycles. The fourth-order valence-corrected chi connectivity index (χ4v) is 2.81. The maximum atomic E-state index is 11.1. The number of carbonyl (C=O) groups excluding carboxylic acids is 1. The summed E-state index contributed by atoms with van der Waals surface area (Å²) in [4.78, 5) is 11.1. The van der Waals surface area contributed by atoms with Crippen molar-refractivity contribution in [3.8, 4) is 11.1 Å². The van der Waals surface area contributed by atoms with Gasteiger partial charge in [-0.3, -0.25) is 4.79 Å². The zero-order valence-electron chi connectivity index (χ0n) is 9.95. The van der Waals surface area contributed by atoms with E-state index in [1.54, 1.807) is 6.07 Å². The van der Waals surface area contributed by atoms with Crippen molar-refractivity contribution in [3.63, 3.8) is 0 Å². The van der Waals surface area contributed by atoms with Crippen LogP contribution in [0.2, 0.25) is 5.02 Å². The number of hydrogen-bond acceptors (Lipinski definition) is 1. The smallest absolute Gasteiger partial charge is 0.150 e. The van der Waals surface area contributed by atoms with Crippen LogP contribution in [0.4, 0.5) is 0 Å². The Bertz CT molecular complexity index is 616. The first kappa shape index (κ1) is 11.5. The summed E-state index contributed by atoms with van der Waals surface area (Å²) in [6.07, 6.45) is 4.43. The van der Waals surface area contributed by atoms with Gasteiger partial charge in [-0.25, -0.2) is 0 Å². The van der Waals surface area contributed by atoms with Crippen molar-refractivity contribution in [2.75, 3.05) is 0 Å². The molecule has 0 atom stereocenters. The van der Waals surface area contributed by atoms with Gasteiger partial charge in [0.2, 0.25) is 0 Å². The molecule has 18 heavy (non-hydrogen) atoms. The molecule has 0 fully saturated rings. The van der Waals surface area contributed by atoms with Gasteiger partial charge in [0.25, 0.3) is 0 Å². The van der Waals surface area contributed by atoms with Gasteiger partial charge in [-0.2, -0.15) is 0 Å². The number of hydrogen-bond donors (Lipinski definition) is 0. The normalized spacial score (nSPS) is 13.4. The van der Waals surface area contributed by atoms with Crippen molar-refractivity contribution in [1.82, 2.24) is 0 Å². The van der Waals surface area contributed by atoms with E-state index < -0.39 is 0 Å². The molecule has 0 bridgehead atoms. The first-order valence-electron chi connectivity index (χ1n) is 6.15. The van der Waals surface area contributed by atoms with E-state index >= 15 is 0 Å². The maximum absolute atomic E-state index is 11.1. The minimum atomic E-state index is 0.599. The molecule has 1 aliphatic carbocycles. The highest BCUT2D eigenvalue weighted by molar-refractivity contribution is 6.31. The summed E-state index contributed by atoms with van der Waals surface area (Å²) in [5, 5.41) is 0.599. The first-order chi connectivity index (χ1) is 8.78. The SMILES string of the molecule is O=Cc1cc(Cl)ccc1-c1ccc2c(c1)CCC2. The second kappa shape index (κ2) is 4.58. The van der Waals surface area contributed by atoms with E-state index in [2.05, 4.69) is 18.2 Å². The van der Waals surface area contributed by atoms with Gasteiger partial charge in [-0.05, 0) is 53.6 Å². The Hall–Kier alpha value is -1.60. The summed E-state index contributed by atoms with van der Waals surface area (Å²) in [5.74, 6) is 0. The van der Waals surface area contributed by atoms with E-state index in [1.807, 2.05) is 12.1 Å². The predicted octanol–water partition coefficient (Wildman–Crippen LogP) is 4.31. The monoisotopic (exact) mass is 256 g/mol. The number of aldehydes is 1. The Morgan fingerprint density at radius 1 is 1.00 bits per heavy atom. The molecule has 0 amide bonds. The summed E-state index contributed by atoms with van der Waals surface area (Å²) in [5.41, 5.74) is 5.58. The molecule has 90 valence electrons. The van der Waals surface area contributed by atoms with Crippen LogP contribution in [0.3, 0.4) is 0 Å². The minimum absolute atomic E-state index is 0.599. The highest BCUT2D eigenvalue weighted by Crippen LogP contribution is 2.30. The van der Waals surface area contributed by atoms with Crippen molar-refractivity contribution in [1.29, 1.82) is 0 Å². The van der Waals surface area contributed by atoms with Gasteiger partial charge in [0, 0.05) is 10.6 Å². The van der Waals surface area contributed by atoms with Crippen molar-refractivity contribution in [3.05, 3.63) is 58.1 Å². The second-order valence-corrected chi connectivity index (χ2v) is 5.12. The van der Waals surface area contributed by atoms with Crippen LogP contribution in [0.25, 0.3) is 11.1 Å². The molecule has 0 aliphatic heterocycles. The van der Waals surface area contributed by atoms with Crippen LogP contribution >= 0.6 is 11.6 Å². The quantitative estimate of drug-likeness (QED) is 0.732. The molecule has 3 rings (SSSR count). The van der Waals surface area contributed by atoms with E-state index in [-0.39, 0.29) is 0 Å². The number of halogens is 1. The van der Waals surface area contributed by atoms with Crippen LogP contribution in [0.15, 0.2) is 36.4 Å². The van der Waals surface area contributed by atoms with Crippen LogP contribution in [-0.2, 0) is 12.8 Å². The highest BCUT2D eigenvalue weighted by atomic mass is 35.5.